The van der Waals surface area contributed by atoms with Gasteiger partial charge < -0.3 is 9.47 Å². The minimum absolute atomic E-state index is 0.238. The van der Waals surface area contributed by atoms with Crippen molar-refractivity contribution in [2.45, 2.75) is 31.5 Å². The maximum absolute atomic E-state index is 11.6. The van der Waals surface area contributed by atoms with Crippen LogP contribution in [0, 0.1) is 0 Å². The summed E-state index contributed by atoms with van der Waals surface area (Å²) < 4.78 is 10.8. The lowest BCUT2D eigenvalue weighted by atomic mass is 9.98. The first-order chi connectivity index (χ1) is 13.0. The minimum atomic E-state index is -0.305. The molecule has 1 aliphatic carbocycles. The fraction of sp³-hybridized carbons (Fsp3) is 0.217. The van der Waals surface area contributed by atoms with Gasteiger partial charge in [-0.15, -0.1) is 0 Å². The first kappa shape index (κ1) is 16.1. The molecule has 5 rings (SSSR count). The summed E-state index contributed by atoms with van der Waals surface area (Å²) in [5, 5.41) is 0. The molecule has 2 atom stereocenters. The lowest BCUT2D eigenvalue weighted by Gasteiger charge is -2.11. The molecule has 0 N–H and O–H groups in total. The predicted octanol–water partition coefficient (Wildman–Crippen LogP) is 4.35. The number of hydrogen-bond acceptors (Lipinski definition) is 4. The second kappa shape index (κ2) is 5.68. The summed E-state index contributed by atoms with van der Waals surface area (Å²) in [4.78, 5) is 23.2. The van der Waals surface area contributed by atoms with Gasteiger partial charge in [0, 0.05) is 24.0 Å². The molecule has 0 spiro atoms. The van der Waals surface area contributed by atoms with Crippen LogP contribution in [-0.2, 0) is 25.5 Å². The Kier molecular flexibility index (Phi) is 3.38. The third-order valence-electron chi connectivity index (χ3n) is 5.61. The van der Waals surface area contributed by atoms with Gasteiger partial charge >= 0.3 is 11.9 Å². The molecule has 2 unspecified atom stereocenters. The van der Waals surface area contributed by atoms with Gasteiger partial charge in [0.2, 0.25) is 0 Å². The van der Waals surface area contributed by atoms with Crippen LogP contribution in [0.25, 0.3) is 11.1 Å². The van der Waals surface area contributed by atoms with E-state index in [0.29, 0.717) is 24.0 Å². The minimum Gasteiger partial charge on any atom is -0.454 e. The van der Waals surface area contributed by atoms with Crippen LogP contribution in [0.15, 0.2) is 60.7 Å². The van der Waals surface area contributed by atoms with Crippen molar-refractivity contribution in [1.29, 1.82) is 0 Å². The van der Waals surface area contributed by atoms with E-state index < -0.39 is 0 Å². The number of carbonyl (C=O) groups excluding carboxylic acids is 2. The molecule has 2 aromatic carbocycles. The lowest BCUT2D eigenvalue weighted by Crippen LogP contribution is -1.99. The maximum atomic E-state index is 11.6. The summed E-state index contributed by atoms with van der Waals surface area (Å²) in [6, 6.07) is 12.5. The van der Waals surface area contributed by atoms with Crippen molar-refractivity contribution >= 4 is 11.9 Å². The smallest absolute Gasteiger partial charge is 0.334 e. The lowest BCUT2D eigenvalue weighted by molar-refractivity contribution is -0.140. The van der Waals surface area contributed by atoms with Crippen LogP contribution in [0.2, 0.25) is 0 Å². The second-order valence-corrected chi connectivity index (χ2v) is 7.41. The molecule has 3 aliphatic rings. The van der Waals surface area contributed by atoms with Crippen molar-refractivity contribution in [2.24, 2.45) is 0 Å². The van der Waals surface area contributed by atoms with E-state index in [2.05, 4.69) is 37.4 Å². The predicted molar refractivity (Wildman–Crippen MR) is 99.9 cm³/mol. The Morgan fingerprint density at radius 2 is 1.19 bits per heavy atom. The van der Waals surface area contributed by atoms with Crippen molar-refractivity contribution in [3.8, 4) is 11.1 Å². The van der Waals surface area contributed by atoms with Gasteiger partial charge in [0.05, 0.1) is 0 Å². The van der Waals surface area contributed by atoms with Crippen molar-refractivity contribution in [3.05, 3.63) is 83.0 Å². The normalized spacial score (nSPS) is 23.3. The Balaban J connectivity index is 1.44. The number of rotatable bonds is 2. The molecule has 0 bridgehead atoms. The van der Waals surface area contributed by atoms with Crippen molar-refractivity contribution in [2.75, 3.05) is 0 Å². The Morgan fingerprint density at radius 1 is 0.741 bits per heavy atom. The summed E-state index contributed by atoms with van der Waals surface area (Å²) in [6.07, 6.45) is 1.43. The third kappa shape index (κ3) is 2.52. The average molecular weight is 358 g/mol. The fourth-order valence-corrected chi connectivity index (χ4v) is 4.15. The maximum Gasteiger partial charge on any atom is 0.334 e. The van der Waals surface area contributed by atoms with E-state index in [4.69, 9.17) is 9.47 Å². The standard InChI is InChI=1S/C23H18O4/c1-12-7-20(26-22(12)24)14-3-5-18-16(9-14)11-17-10-15(4-6-19(17)18)21-8-13(2)23(25)27-21/h3-6,9-10,20-21H,1-2,7-8,11H2. The highest BCUT2D eigenvalue weighted by atomic mass is 16.6. The van der Waals surface area contributed by atoms with E-state index >= 15 is 0 Å². The summed E-state index contributed by atoms with van der Waals surface area (Å²) in [5.41, 5.74) is 7.93. The average Bonchev–Trinajstić information content (AvgIpc) is 3.30. The number of fused-ring (bicyclic) bond motifs is 3. The number of esters is 2. The van der Waals surface area contributed by atoms with Gasteiger partial charge in [0.1, 0.15) is 12.2 Å². The number of hydrogen-bond donors (Lipinski definition) is 0. The van der Waals surface area contributed by atoms with Gasteiger partial charge in [0.25, 0.3) is 0 Å². The van der Waals surface area contributed by atoms with Crippen molar-refractivity contribution in [3.63, 3.8) is 0 Å². The molecule has 2 heterocycles. The van der Waals surface area contributed by atoms with Crippen molar-refractivity contribution in [1.82, 2.24) is 0 Å². The highest BCUT2D eigenvalue weighted by Crippen LogP contribution is 2.42. The number of cyclic esters (lactones) is 2. The monoisotopic (exact) mass is 358 g/mol. The zero-order valence-corrected chi connectivity index (χ0v) is 14.8. The van der Waals surface area contributed by atoms with E-state index in [-0.39, 0.29) is 24.1 Å². The van der Waals surface area contributed by atoms with E-state index in [9.17, 15) is 9.59 Å². The van der Waals surface area contributed by atoms with Gasteiger partial charge in [-0.3, -0.25) is 0 Å². The molecule has 2 saturated heterocycles. The molecule has 4 nitrogen and oxygen atoms in total. The molecule has 0 saturated carbocycles. The SMILES string of the molecule is C=C1CC(c2ccc3c(c2)Cc2cc(C4CC(=C)C(=O)O4)ccc2-3)OC1=O. The molecular formula is C23H18O4. The molecule has 4 heteroatoms. The molecule has 0 aromatic heterocycles. The molecule has 2 aliphatic heterocycles. The van der Waals surface area contributed by atoms with E-state index in [1.807, 2.05) is 12.1 Å². The van der Waals surface area contributed by atoms with Crippen LogP contribution in [-0.4, -0.2) is 11.9 Å². The molecule has 134 valence electrons. The number of benzene rings is 2. The number of carbonyl (C=O) groups is 2. The quantitative estimate of drug-likeness (QED) is 0.505. The first-order valence-corrected chi connectivity index (χ1v) is 9.03. The van der Waals surface area contributed by atoms with Gasteiger partial charge in [0.15, 0.2) is 0 Å². The molecule has 0 radical (unpaired) electrons. The van der Waals surface area contributed by atoms with Crippen LogP contribution < -0.4 is 0 Å². The summed E-state index contributed by atoms with van der Waals surface area (Å²) in [6.45, 7) is 7.51. The first-order valence-electron chi connectivity index (χ1n) is 9.03. The molecular weight excluding hydrogens is 340 g/mol. The van der Waals surface area contributed by atoms with Crippen molar-refractivity contribution < 1.29 is 19.1 Å². The topological polar surface area (TPSA) is 52.6 Å². The summed E-state index contributed by atoms with van der Waals surface area (Å²) in [5.74, 6) is -0.609. The van der Waals surface area contributed by atoms with Crippen LogP contribution in [0.1, 0.15) is 47.3 Å². The molecule has 2 fully saturated rings. The largest absolute Gasteiger partial charge is 0.454 e. The zero-order valence-electron chi connectivity index (χ0n) is 14.8. The Hall–Kier alpha value is -3.14. The van der Waals surface area contributed by atoms with E-state index in [1.165, 1.54) is 22.3 Å². The highest BCUT2D eigenvalue weighted by molar-refractivity contribution is 5.90. The van der Waals surface area contributed by atoms with Crippen LogP contribution >= 0.6 is 0 Å². The highest BCUT2D eigenvalue weighted by Gasteiger charge is 2.31. The summed E-state index contributed by atoms with van der Waals surface area (Å²) in [7, 11) is 0. The van der Waals surface area contributed by atoms with Gasteiger partial charge in [-0.1, -0.05) is 49.6 Å². The summed E-state index contributed by atoms with van der Waals surface area (Å²) >= 11 is 0. The zero-order chi connectivity index (χ0) is 18.7. The van der Waals surface area contributed by atoms with E-state index in [0.717, 1.165) is 17.5 Å². The van der Waals surface area contributed by atoms with E-state index in [1.54, 1.807) is 0 Å². The molecule has 27 heavy (non-hydrogen) atoms. The third-order valence-corrected chi connectivity index (χ3v) is 5.61. The van der Waals surface area contributed by atoms with Gasteiger partial charge in [-0.05, 0) is 39.8 Å². The van der Waals surface area contributed by atoms with Gasteiger partial charge in [-0.2, -0.15) is 0 Å². The van der Waals surface area contributed by atoms with Crippen LogP contribution in [0.3, 0.4) is 0 Å². The molecule has 2 aromatic rings. The van der Waals surface area contributed by atoms with Crippen LogP contribution in [0.5, 0.6) is 0 Å². The van der Waals surface area contributed by atoms with Crippen LogP contribution in [0.4, 0.5) is 0 Å². The second-order valence-electron chi connectivity index (χ2n) is 7.41. The fourth-order valence-electron chi connectivity index (χ4n) is 4.15. The molecule has 0 amide bonds. The Bertz CT molecular complexity index is 931. The number of ether oxygens (including phenoxy) is 2. The Labute approximate surface area is 157 Å². The Morgan fingerprint density at radius 3 is 1.56 bits per heavy atom. The van der Waals surface area contributed by atoms with Gasteiger partial charge in [-0.25, -0.2) is 9.59 Å².